The van der Waals surface area contributed by atoms with Crippen LogP contribution in [0.15, 0.2) is 24.3 Å². The van der Waals surface area contributed by atoms with E-state index in [0.29, 0.717) is 13.2 Å². The van der Waals surface area contributed by atoms with Crippen molar-refractivity contribution in [2.75, 3.05) is 20.5 Å². The van der Waals surface area contributed by atoms with Crippen molar-refractivity contribution < 1.29 is 37.9 Å². The normalized spacial score (nSPS) is 34.6. The number of rotatable bonds is 7. The summed E-state index contributed by atoms with van der Waals surface area (Å²) in [5.74, 6) is -0.629. The minimum Gasteiger partial charge on any atom is -0.497 e. The molecule has 1 aromatic rings. The summed E-state index contributed by atoms with van der Waals surface area (Å²) in [5, 5.41) is 0. The van der Waals surface area contributed by atoms with Gasteiger partial charge in [0.05, 0.1) is 20.3 Å². The molecule has 3 fully saturated rings. The van der Waals surface area contributed by atoms with Crippen LogP contribution in [0.2, 0.25) is 0 Å². The zero-order valence-corrected chi connectivity index (χ0v) is 17.6. The molecule has 0 amide bonds. The first-order chi connectivity index (χ1) is 13.8. The SMILES string of the molecule is COc1ccc(COCOC[C@H]2O[C@@H]3OC(C)(C)O[C@@H]3[C@H]3OC(C)(C)O[C@H]32)cc1. The van der Waals surface area contributed by atoms with E-state index in [0.717, 1.165) is 11.3 Å². The third-order valence-corrected chi connectivity index (χ3v) is 5.13. The molecule has 0 bridgehead atoms. The van der Waals surface area contributed by atoms with E-state index in [1.165, 1.54) is 0 Å². The monoisotopic (exact) mass is 410 g/mol. The molecular weight excluding hydrogens is 380 g/mol. The standard InChI is InChI=1S/C21H30O8/c1-20(2)26-16-15(25-19-18(17(16)27-20)28-21(3,4)29-19)11-24-12-23-10-13-6-8-14(22-5)9-7-13/h6-9,15-19H,10-12H2,1-5H3/t15-,16+,17+,18-,19-/m1/s1. The molecule has 4 rings (SSSR count). The van der Waals surface area contributed by atoms with Gasteiger partial charge in [-0.2, -0.15) is 0 Å². The second-order valence-electron chi connectivity index (χ2n) is 8.39. The molecule has 3 aliphatic heterocycles. The summed E-state index contributed by atoms with van der Waals surface area (Å²) in [6.45, 7) is 8.39. The fraction of sp³-hybridized carbons (Fsp3) is 0.714. The van der Waals surface area contributed by atoms with Crippen LogP contribution in [-0.4, -0.2) is 62.8 Å². The Hall–Kier alpha value is -1.26. The Morgan fingerprint density at radius 1 is 0.828 bits per heavy atom. The zero-order chi connectivity index (χ0) is 20.6. The summed E-state index contributed by atoms with van der Waals surface area (Å²) < 4.78 is 46.6. The average molecular weight is 410 g/mol. The van der Waals surface area contributed by atoms with E-state index in [4.69, 9.17) is 37.9 Å². The highest BCUT2D eigenvalue weighted by Crippen LogP contribution is 2.44. The van der Waals surface area contributed by atoms with Crippen LogP contribution in [0.25, 0.3) is 0 Å². The van der Waals surface area contributed by atoms with E-state index in [1.54, 1.807) is 7.11 Å². The lowest BCUT2D eigenvalue weighted by atomic mass is 9.99. The summed E-state index contributed by atoms with van der Waals surface area (Å²) in [4.78, 5) is 0. The van der Waals surface area contributed by atoms with Crippen LogP contribution in [0.5, 0.6) is 5.75 Å². The topological polar surface area (TPSA) is 73.8 Å². The Morgan fingerprint density at radius 2 is 1.48 bits per heavy atom. The Labute approximate surface area is 171 Å². The quantitative estimate of drug-likeness (QED) is 0.502. The second kappa shape index (κ2) is 8.11. The van der Waals surface area contributed by atoms with Gasteiger partial charge in [-0.3, -0.25) is 0 Å². The molecule has 0 spiro atoms. The number of fused-ring (bicyclic) bond motifs is 3. The van der Waals surface area contributed by atoms with Gasteiger partial charge < -0.3 is 37.9 Å². The molecule has 1 aromatic carbocycles. The predicted molar refractivity (Wildman–Crippen MR) is 101 cm³/mol. The van der Waals surface area contributed by atoms with Gasteiger partial charge in [-0.1, -0.05) is 12.1 Å². The Kier molecular flexibility index (Phi) is 5.87. The number of hydrogen-bond acceptors (Lipinski definition) is 8. The van der Waals surface area contributed by atoms with Gasteiger partial charge in [0.25, 0.3) is 0 Å². The van der Waals surface area contributed by atoms with Gasteiger partial charge in [-0.15, -0.1) is 0 Å². The van der Waals surface area contributed by atoms with E-state index in [-0.39, 0.29) is 31.2 Å². The largest absolute Gasteiger partial charge is 0.497 e. The fourth-order valence-electron chi connectivity index (χ4n) is 3.93. The molecule has 8 heteroatoms. The molecule has 3 aliphatic rings. The van der Waals surface area contributed by atoms with E-state index in [9.17, 15) is 0 Å². The van der Waals surface area contributed by atoms with Crippen molar-refractivity contribution in [3.05, 3.63) is 29.8 Å². The van der Waals surface area contributed by atoms with Gasteiger partial charge in [0.15, 0.2) is 17.9 Å². The van der Waals surface area contributed by atoms with Crippen LogP contribution >= 0.6 is 0 Å². The van der Waals surface area contributed by atoms with Crippen molar-refractivity contribution in [3.8, 4) is 5.75 Å². The third-order valence-electron chi connectivity index (χ3n) is 5.13. The van der Waals surface area contributed by atoms with Gasteiger partial charge in [-0.25, -0.2) is 0 Å². The molecule has 5 atom stereocenters. The predicted octanol–water partition coefficient (Wildman–Crippen LogP) is 2.58. The summed E-state index contributed by atoms with van der Waals surface area (Å²) in [5.41, 5.74) is 1.04. The maximum atomic E-state index is 6.10. The van der Waals surface area contributed by atoms with Crippen LogP contribution in [-0.2, 0) is 39.8 Å². The lowest BCUT2D eigenvalue weighted by Crippen LogP contribution is -2.56. The van der Waals surface area contributed by atoms with E-state index in [2.05, 4.69) is 0 Å². The minimum absolute atomic E-state index is 0.143. The Morgan fingerprint density at radius 3 is 2.21 bits per heavy atom. The number of benzene rings is 1. The van der Waals surface area contributed by atoms with Crippen molar-refractivity contribution >= 4 is 0 Å². The van der Waals surface area contributed by atoms with Crippen molar-refractivity contribution in [2.24, 2.45) is 0 Å². The minimum atomic E-state index is -0.729. The highest BCUT2D eigenvalue weighted by Gasteiger charge is 2.60. The van der Waals surface area contributed by atoms with Gasteiger partial charge in [0.1, 0.15) is 37.0 Å². The first kappa shape index (κ1) is 21.0. The van der Waals surface area contributed by atoms with Crippen molar-refractivity contribution in [2.45, 2.75) is 76.6 Å². The number of hydrogen-bond donors (Lipinski definition) is 0. The molecule has 29 heavy (non-hydrogen) atoms. The van der Waals surface area contributed by atoms with Crippen molar-refractivity contribution in [1.82, 2.24) is 0 Å². The lowest BCUT2D eigenvalue weighted by Gasteiger charge is -2.37. The first-order valence-electron chi connectivity index (χ1n) is 9.91. The molecule has 0 saturated carbocycles. The van der Waals surface area contributed by atoms with E-state index in [1.807, 2.05) is 52.0 Å². The molecule has 0 N–H and O–H groups in total. The smallest absolute Gasteiger partial charge is 0.190 e. The maximum Gasteiger partial charge on any atom is 0.190 e. The highest BCUT2D eigenvalue weighted by atomic mass is 16.9. The van der Waals surface area contributed by atoms with Crippen molar-refractivity contribution in [3.63, 3.8) is 0 Å². The first-order valence-corrected chi connectivity index (χ1v) is 9.91. The summed E-state index contributed by atoms with van der Waals surface area (Å²) >= 11 is 0. The summed E-state index contributed by atoms with van der Waals surface area (Å²) in [7, 11) is 1.64. The van der Waals surface area contributed by atoms with Crippen LogP contribution in [0.3, 0.4) is 0 Å². The molecule has 0 unspecified atom stereocenters. The van der Waals surface area contributed by atoms with Crippen LogP contribution in [0, 0.1) is 0 Å². The summed E-state index contributed by atoms with van der Waals surface area (Å²) in [6.07, 6.45) is -1.77. The molecule has 3 heterocycles. The lowest BCUT2D eigenvalue weighted by molar-refractivity contribution is -0.247. The molecule has 3 saturated heterocycles. The van der Waals surface area contributed by atoms with Gasteiger partial charge >= 0.3 is 0 Å². The zero-order valence-electron chi connectivity index (χ0n) is 17.6. The molecule has 0 aromatic heterocycles. The second-order valence-corrected chi connectivity index (χ2v) is 8.39. The van der Waals surface area contributed by atoms with Gasteiger partial charge in [-0.05, 0) is 45.4 Å². The van der Waals surface area contributed by atoms with Gasteiger partial charge in [0.2, 0.25) is 0 Å². The number of methoxy groups -OCH3 is 1. The Bertz CT molecular complexity index is 688. The van der Waals surface area contributed by atoms with Crippen LogP contribution in [0.1, 0.15) is 33.3 Å². The van der Waals surface area contributed by atoms with E-state index >= 15 is 0 Å². The van der Waals surface area contributed by atoms with Crippen LogP contribution < -0.4 is 4.74 Å². The third kappa shape index (κ3) is 4.74. The number of ether oxygens (including phenoxy) is 8. The highest BCUT2D eigenvalue weighted by molar-refractivity contribution is 5.26. The van der Waals surface area contributed by atoms with Gasteiger partial charge in [0, 0.05) is 0 Å². The fourth-order valence-corrected chi connectivity index (χ4v) is 3.93. The van der Waals surface area contributed by atoms with Crippen LogP contribution in [0.4, 0.5) is 0 Å². The molecule has 0 radical (unpaired) electrons. The maximum absolute atomic E-state index is 6.10. The molecule has 8 nitrogen and oxygen atoms in total. The summed E-state index contributed by atoms with van der Waals surface area (Å²) in [6, 6.07) is 7.71. The molecule has 0 aliphatic carbocycles. The molecule has 162 valence electrons. The van der Waals surface area contributed by atoms with Crippen molar-refractivity contribution in [1.29, 1.82) is 0 Å². The van der Waals surface area contributed by atoms with E-state index < -0.39 is 17.9 Å². The molecular formula is C21H30O8. The Balaban J connectivity index is 1.28. The average Bonchev–Trinajstić information content (AvgIpc) is 3.16.